The molecule has 0 saturated carbocycles. The second-order valence-corrected chi connectivity index (χ2v) is 6.58. The van der Waals surface area contributed by atoms with Crippen molar-refractivity contribution in [3.8, 4) is 28.4 Å². The van der Waals surface area contributed by atoms with Gasteiger partial charge in [0.2, 0.25) is 5.88 Å². The molecule has 0 aliphatic carbocycles. The maximum absolute atomic E-state index is 12.9. The first-order valence-electron chi connectivity index (χ1n) is 8.21. The lowest BCUT2D eigenvalue weighted by Crippen LogP contribution is -2.06. The number of alkyl halides is 3. The number of hydrogen-bond acceptors (Lipinski definition) is 3. The molecule has 0 fully saturated rings. The molecule has 28 heavy (non-hydrogen) atoms. The quantitative estimate of drug-likeness (QED) is 0.501. The van der Waals surface area contributed by atoms with Gasteiger partial charge in [-0.25, -0.2) is 4.98 Å². The summed E-state index contributed by atoms with van der Waals surface area (Å²) in [5, 5.41) is 4.77. The number of H-pyrrole nitrogens is 1. The van der Waals surface area contributed by atoms with Gasteiger partial charge in [0, 0.05) is 41.0 Å². The van der Waals surface area contributed by atoms with Crippen LogP contribution in [0.4, 0.5) is 13.2 Å². The molecule has 9 heteroatoms. The fourth-order valence-corrected chi connectivity index (χ4v) is 3.38. The zero-order valence-electron chi connectivity index (χ0n) is 14.8. The highest BCUT2D eigenvalue weighted by Crippen LogP contribution is 2.36. The molecule has 0 unspecified atom stereocenters. The predicted octanol–water partition coefficient (Wildman–Crippen LogP) is 5.31. The van der Waals surface area contributed by atoms with Crippen LogP contribution in [0.5, 0.6) is 5.88 Å². The van der Waals surface area contributed by atoms with Crippen molar-refractivity contribution < 1.29 is 17.9 Å². The van der Waals surface area contributed by atoms with E-state index >= 15 is 0 Å². The number of pyridine rings is 1. The highest BCUT2D eigenvalue weighted by molar-refractivity contribution is 6.34. The van der Waals surface area contributed by atoms with Gasteiger partial charge in [-0.05, 0) is 30.3 Å². The van der Waals surface area contributed by atoms with Crippen LogP contribution in [-0.2, 0) is 13.2 Å². The summed E-state index contributed by atoms with van der Waals surface area (Å²) in [4.78, 5) is 7.31. The lowest BCUT2D eigenvalue weighted by Gasteiger charge is -2.05. The molecular formula is C19H14ClF3N4O. The van der Waals surface area contributed by atoms with E-state index in [0.29, 0.717) is 27.7 Å². The van der Waals surface area contributed by atoms with Crippen LogP contribution >= 0.6 is 11.6 Å². The Morgan fingerprint density at radius 1 is 1.14 bits per heavy atom. The van der Waals surface area contributed by atoms with Gasteiger partial charge in [-0.2, -0.15) is 18.3 Å². The molecule has 4 aromatic rings. The van der Waals surface area contributed by atoms with Gasteiger partial charge in [0.15, 0.2) is 5.69 Å². The Morgan fingerprint density at radius 3 is 2.61 bits per heavy atom. The van der Waals surface area contributed by atoms with E-state index in [1.165, 1.54) is 18.8 Å². The fraction of sp³-hybridized carbons (Fsp3) is 0.158. The van der Waals surface area contributed by atoms with Crippen LogP contribution in [0.3, 0.4) is 0 Å². The average Bonchev–Trinajstić information content (AvgIpc) is 3.24. The molecule has 4 rings (SSSR count). The van der Waals surface area contributed by atoms with E-state index in [1.54, 1.807) is 30.5 Å². The first kappa shape index (κ1) is 18.4. The molecular weight excluding hydrogens is 393 g/mol. The number of halogens is 4. The van der Waals surface area contributed by atoms with Gasteiger partial charge in [-0.1, -0.05) is 17.7 Å². The van der Waals surface area contributed by atoms with Gasteiger partial charge in [0.1, 0.15) is 5.02 Å². The van der Waals surface area contributed by atoms with E-state index in [0.717, 1.165) is 22.7 Å². The molecule has 5 nitrogen and oxygen atoms in total. The smallest absolute Gasteiger partial charge is 0.435 e. The Balaban J connectivity index is 1.79. The van der Waals surface area contributed by atoms with Crippen LogP contribution in [0.25, 0.3) is 33.4 Å². The van der Waals surface area contributed by atoms with Crippen molar-refractivity contribution in [3.63, 3.8) is 0 Å². The molecule has 1 N–H and O–H groups in total. The summed E-state index contributed by atoms with van der Waals surface area (Å²) in [6, 6.07) is 10.0. The van der Waals surface area contributed by atoms with Crippen LogP contribution < -0.4 is 4.74 Å². The Kier molecular flexibility index (Phi) is 4.30. The van der Waals surface area contributed by atoms with Gasteiger partial charge in [0.25, 0.3) is 0 Å². The van der Waals surface area contributed by atoms with Crippen LogP contribution in [-0.4, -0.2) is 26.9 Å². The SMILES string of the molecule is COc1nccc(-c2cc3cc(-c4cc(C(F)(F)F)nn4C)ccc3[nH]2)c1Cl. The highest BCUT2D eigenvalue weighted by atomic mass is 35.5. The van der Waals surface area contributed by atoms with Crippen molar-refractivity contribution in [3.05, 3.63) is 53.3 Å². The molecule has 0 saturated heterocycles. The molecule has 0 bridgehead atoms. The maximum Gasteiger partial charge on any atom is 0.435 e. The third-order valence-corrected chi connectivity index (χ3v) is 4.79. The molecule has 1 aromatic carbocycles. The Morgan fingerprint density at radius 2 is 1.93 bits per heavy atom. The van der Waals surface area contributed by atoms with Crippen molar-refractivity contribution in [2.45, 2.75) is 6.18 Å². The second kappa shape index (κ2) is 6.56. The Hall–Kier alpha value is -3.00. The summed E-state index contributed by atoms with van der Waals surface area (Å²) < 4.78 is 45.2. The van der Waals surface area contributed by atoms with E-state index in [9.17, 15) is 13.2 Å². The molecule has 0 atom stereocenters. The summed E-state index contributed by atoms with van der Waals surface area (Å²) >= 11 is 6.34. The van der Waals surface area contributed by atoms with E-state index < -0.39 is 11.9 Å². The van der Waals surface area contributed by atoms with Crippen molar-refractivity contribution in [1.82, 2.24) is 19.7 Å². The number of aromatic amines is 1. The molecule has 0 amide bonds. The monoisotopic (exact) mass is 406 g/mol. The van der Waals surface area contributed by atoms with Crippen molar-refractivity contribution in [2.75, 3.05) is 7.11 Å². The molecule has 3 heterocycles. The summed E-state index contributed by atoms with van der Waals surface area (Å²) in [6.07, 6.45) is -2.90. The average molecular weight is 407 g/mol. The third kappa shape index (κ3) is 3.09. The van der Waals surface area contributed by atoms with Crippen molar-refractivity contribution in [1.29, 1.82) is 0 Å². The largest absolute Gasteiger partial charge is 0.480 e. The third-order valence-electron chi connectivity index (χ3n) is 4.43. The number of rotatable bonds is 3. The maximum atomic E-state index is 12.9. The number of hydrogen-bond donors (Lipinski definition) is 1. The minimum Gasteiger partial charge on any atom is -0.480 e. The van der Waals surface area contributed by atoms with E-state index in [2.05, 4.69) is 15.1 Å². The molecule has 0 aliphatic heterocycles. The number of fused-ring (bicyclic) bond motifs is 1. The number of nitrogens with one attached hydrogen (secondary N) is 1. The number of aromatic nitrogens is 4. The Bertz CT molecular complexity index is 1180. The fourth-order valence-electron chi connectivity index (χ4n) is 3.09. The van der Waals surface area contributed by atoms with Crippen LogP contribution in [0.1, 0.15) is 5.69 Å². The van der Waals surface area contributed by atoms with Crippen LogP contribution in [0, 0.1) is 0 Å². The summed E-state index contributed by atoms with van der Waals surface area (Å²) in [7, 11) is 2.97. The first-order chi connectivity index (χ1) is 13.3. The summed E-state index contributed by atoms with van der Waals surface area (Å²) in [5.74, 6) is 0.313. The molecule has 0 aliphatic rings. The lowest BCUT2D eigenvalue weighted by atomic mass is 10.1. The number of ether oxygens (including phenoxy) is 1. The summed E-state index contributed by atoms with van der Waals surface area (Å²) in [5.41, 5.74) is 2.37. The minimum absolute atomic E-state index is 0.313. The van der Waals surface area contributed by atoms with E-state index in [1.807, 2.05) is 6.07 Å². The molecule has 0 spiro atoms. The van der Waals surface area contributed by atoms with Gasteiger partial charge >= 0.3 is 6.18 Å². The zero-order valence-corrected chi connectivity index (χ0v) is 15.6. The first-order valence-corrected chi connectivity index (χ1v) is 8.59. The normalized spacial score (nSPS) is 11.9. The number of nitrogens with zero attached hydrogens (tertiary/aromatic N) is 3. The van der Waals surface area contributed by atoms with E-state index in [-0.39, 0.29) is 0 Å². The van der Waals surface area contributed by atoms with Gasteiger partial charge in [-0.15, -0.1) is 0 Å². The predicted molar refractivity (Wildman–Crippen MR) is 100 cm³/mol. The zero-order chi connectivity index (χ0) is 20.1. The number of benzene rings is 1. The molecule has 3 aromatic heterocycles. The standard InChI is InChI=1S/C19H14ClF3N4O/c1-27-15(9-16(26-27)19(21,22)23)10-3-4-13-11(7-10)8-14(25-13)12-5-6-24-18(28-2)17(12)20/h3-9,25H,1-2H3. The number of aryl methyl sites for hydroxylation is 1. The van der Waals surface area contributed by atoms with Crippen molar-refractivity contribution in [2.24, 2.45) is 7.05 Å². The number of methoxy groups -OCH3 is 1. The van der Waals surface area contributed by atoms with Crippen molar-refractivity contribution >= 4 is 22.5 Å². The summed E-state index contributed by atoms with van der Waals surface area (Å²) in [6.45, 7) is 0. The van der Waals surface area contributed by atoms with Gasteiger partial charge < -0.3 is 9.72 Å². The minimum atomic E-state index is -4.49. The molecule has 0 radical (unpaired) electrons. The highest BCUT2D eigenvalue weighted by Gasteiger charge is 2.34. The van der Waals surface area contributed by atoms with Gasteiger partial charge in [-0.3, -0.25) is 4.68 Å². The van der Waals surface area contributed by atoms with E-state index in [4.69, 9.17) is 16.3 Å². The lowest BCUT2D eigenvalue weighted by molar-refractivity contribution is -0.141. The molecule has 144 valence electrons. The second-order valence-electron chi connectivity index (χ2n) is 6.20. The van der Waals surface area contributed by atoms with Gasteiger partial charge in [0.05, 0.1) is 12.8 Å². The van der Waals surface area contributed by atoms with Crippen LogP contribution in [0.2, 0.25) is 5.02 Å². The van der Waals surface area contributed by atoms with Crippen LogP contribution in [0.15, 0.2) is 42.6 Å². The topological polar surface area (TPSA) is 55.7 Å². The Labute approximate surface area is 162 Å².